The molecule has 0 aliphatic heterocycles. The first-order chi connectivity index (χ1) is 7.15. The maximum atomic E-state index is 6.00. The lowest BCUT2D eigenvalue weighted by Gasteiger charge is -1.97. The van der Waals surface area contributed by atoms with E-state index in [1.54, 1.807) is 23.0 Å². The number of anilines is 1. The van der Waals surface area contributed by atoms with E-state index in [0.29, 0.717) is 16.6 Å². The normalized spacial score (nSPS) is 10.5. The minimum absolute atomic E-state index is 0.264. The van der Waals surface area contributed by atoms with Crippen LogP contribution in [-0.4, -0.2) is 5.27 Å². The van der Waals surface area contributed by atoms with Crippen molar-refractivity contribution in [2.45, 2.75) is 6.54 Å². The number of halogens is 2. The molecule has 0 saturated carbocycles. The van der Waals surface area contributed by atoms with Crippen LogP contribution in [0.5, 0.6) is 0 Å². The molecule has 0 radical (unpaired) electrons. The third-order valence-electron chi connectivity index (χ3n) is 1.87. The van der Waals surface area contributed by atoms with Crippen LogP contribution in [0.4, 0.5) is 5.88 Å². The van der Waals surface area contributed by atoms with Gasteiger partial charge >= 0.3 is 0 Å². The van der Waals surface area contributed by atoms with Crippen molar-refractivity contribution in [2.75, 3.05) is 5.73 Å². The largest absolute Gasteiger partial charge is 0.362 e. The van der Waals surface area contributed by atoms with Crippen molar-refractivity contribution in [2.24, 2.45) is 0 Å². The van der Waals surface area contributed by atoms with Gasteiger partial charge in [-0.25, -0.2) is 0 Å². The van der Waals surface area contributed by atoms with Gasteiger partial charge < -0.3 is 5.73 Å². The molecule has 0 bridgehead atoms. The Morgan fingerprint density at radius 2 is 2.20 bits per heavy atom. The van der Waals surface area contributed by atoms with Crippen molar-refractivity contribution in [3.8, 4) is 0 Å². The molecule has 2 rings (SSSR count). The van der Waals surface area contributed by atoms with Crippen LogP contribution in [0.25, 0.3) is 0 Å². The molecule has 0 aliphatic rings. The van der Waals surface area contributed by atoms with Crippen LogP contribution >= 0.6 is 23.2 Å². The van der Waals surface area contributed by atoms with Gasteiger partial charge in [-0.3, -0.25) is 4.52 Å². The zero-order valence-electron chi connectivity index (χ0n) is 7.65. The summed E-state index contributed by atoms with van der Waals surface area (Å²) in [4.78, 5) is 0. The van der Waals surface area contributed by atoms with Crippen LogP contribution in [0.3, 0.4) is 0 Å². The Kier molecular flexibility index (Phi) is 2.79. The van der Waals surface area contributed by atoms with Gasteiger partial charge in [0.15, 0.2) is 0 Å². The van der Waals surface area contributed by atoms with E-state index in [-0.39, 0.29) is 5.88 Å². The standard InChI is InChI=1S/C9H8Cl2N3O/c10-7-2-1-6(8(11)3-7)4-14-5-9(12)15-13-14/h1-3,5H,4,12H2/q+1. The number of nitrogens with zero attached hydrogens (tertiary/aromatic N) is 2. The zero-order valence-corrected chi connectivity index (χ0v) is 9.16. The molecule has 1 heterocycles. The van der Waals surface area contributed by atoms with Crippen molar-refractivity contribution < 1.29 is 9.20 Å². The molecule has 1 aromatic heterocycles. The number of nitrogens with two attached hydrogens (primary N) is 1. The van der Waals surface area contributed by atoms with Gasteiger partial charge in [-0.1, -0.05) is 23.2 Å². The third kappa shape index (κ3) is 2.40. The monoisotopic (exact) mass is 244 g/mol. The quantitative estimate of drug-likeness (QED) is 0.822. The van der Waals surface area contributed by atoms with Gasteiger partial charge in [-0.05, 0) is 22.9 Å². The van der Waals surface area contributed by atoms with Crippen LogP contribution in [0.1, 0.15) is 5.56 Å². The molecular formula is C9H8Cl2N3O+. The Morgan fingerprint density at radius 3 is 2.80 bits per heavy atom. The van der Waals surface area contributed by atoms with E-state index in [4.69, 9.17) is 33.5 Å². The maximum Gasteiger partial charge on any atom is 0.293 e. The summed E-state index contributed by atoms with van der Waals surface area (Å²) >= 11 is 11.8. The molecule has 0 fully saturated rings. The summed E-state index contributed by atoms with van der Waals surface area (Å²) in [5, 5.41) is 4.90. The topological polar surface area (TPSA) is 55.9 Å². The van der Waals surface area contributed by atoms with E-state index in [0.717, 1.165) is 5.56 Å². The predicted molar refractivity (Wildman–Crippen MR) is 56.7 cm³/mol. The summed E-state index contributed by atoms with van der Waals surface area (Å²) < 4.78 is 6.28. The van der Waals surface area contributed by atoms with Crippen molar-refractivity contribution in [1.29, 1.82) is 0 Å². The second-order valence-electron chi connectivity index (χ2n) is 3.04. The highest BCUT2D eigenvalue weighted by Crippen LogP contribution is 2.20. The highest BCUT2D eigenvalue weighted by molar-refractivity contribution is 6.35. The Balaban J connectivity index is 2.24. The number of hydrogen-bond donors (Lipinski definition) is 1. The molecule has 4 nitrogen and oxygen atoms in total. The van der Waals surface area contributed by atoms with E-state index >= 15 is 0 Å². The Morgan fingerprint density at radius 1 is 1.40 bits per heavy atom. The summed E-state index contributed by atoms with van der Waals surface area (Å²) in [6, 6.07) is 5.29. The van der Waals surface area contributed by atoms with Gasteiger partial charge in [0.25, 0.3) is 12.1 Å². The molecule has 6 heteroatoms. The molecule has 2 N–H and O–H groups in total. The molecular weight excluding hydrogens is 237 g/mol. The highest BCUT2D eigenvalue weighted by atomic mass is 35.5. The van der Waals surface area contributed by atoms with Crippen LogP contribution in [0.2, 0.25) is 10.0 Å². The zero-order chi connectivity index (χ0) is 10.8. The number of rotatable bonds is 2. The van der Waals surface area contributed by atoms with Gasteiger partial charge in [-0.15, -0.1) is 0 Å². The first-order valence-electron chi connectivity index (χ1n) is 4.21. The van der Waals surface area contributed by atoms with Gasteiger partial charge in [0.05, 0.1) is 5.02 Å². The van der Waals surface area contributed by atoms with E-state index in [9.17, 15) is 0 Å². The number of benzene rings is 1. The first-order valence-corrected chi connectivity index (χ1v) is 4.96. The minimum atomic E-state index is 0.264. The second kappa shape index (κ2) is 4.08. The smallest absolute Gasteiger partial charge is 0.293 e. The fraction of sp³-hybridized carbons (Fsp3) is 0.111. The highest BCUT2D eigenvalue weighted by Gasteiger charge is 2.12. The van der Waals surface area contributed by atoms with Crippen LogP contribution in [0, 0.1) is 0 Å². The summed E-state index contributed by atoms with van der Waals surface area (Å²) in [5.74, 6) is 0.264. The predicted octanol–water partition coefficient (Wildman–Crippen LogP) is 1.90. The number of hydrogen-bond acceptors (Lipinski definition) is 3. The fourth-order valence-electron chi connectivity index (χ4n) is 1.19. The van der Waals surface area contributed by atoms with Gasteiger partial charge in [-0.2, -0.15) is 0 Å². The fourth-order valence-corrected chi connectivity index (χ4v) is 1.66. The number of aromatic nitrogens is 2. The molecule has 0 atom stereocenters. The van der Waals surface area contributed by atoms with Crippen LogP contribution in [-0.2, 0) is 6.54 Å². The maximum absolute atomic E-state index is 6.00. The van der Waals surface area contributed by atoms with E-state index in [1.165, 1.54) is 0 Å². The Bertz CT molecular complexity index is 484. The molecule has 1 aromatic carbocycles. The lowest BCUT2D eigenvalue weighted by Crippen LogP contribution is -2.35. The lowest BCUT2D eigenvalue weighted by molar-refractivity contribution is -0.754. The molecule has 0 unspecified atom stereocenters. The Labute approximate surface area is 96.2 Å². The molecule has 0 spiro atoms. The molecule has 15 heavy (non-hydrogen) atoms. The molecule has 0 aliphatic carbocycles. The second-order valence-corrected chi connectivity index (χ2v) is 3.88. The number of nitrogen functional groups attached to an aromatic ring is 1. The molecule has 0 saturated heterocycles. The average Bonchev–Trinajstić information content (AvgIpc) is 2.56. The van der Waals surface area contributed by atoms with Gasteiger partial charge in [0, 0.05) is 10.6 Å². The molecule has 2 aromatic rings. The van der Waals surface area contributed by atoms with E-state index < -0.39 is 0 Å². The van der Waals surface area contributed by atoms with Crippen molar-refractivity contribution in [3.05, 3.63) is 40.0 Å². The van der Waals surface area contributed by atoms with E-state index in [1.807, 2.05) is 6.07 Å². The van der Waals surface area contributed by atoms with Crippen LogP contribution < -0.4 is 10.4 Å². The summed E-state index contributed by atoms with van der Waals surface area (Å²) in [6.07, 6.45) is 1.59. The van der Waals surface area contributed by atoms with Gasteiger partial charge in [0.2, 0.25) is 11.8 Å². The third-order valence-corrected chi connectivity index (χ3v) is 2.46. The molecule has 0 amide bonds. The van der Waals surface area contributed by atoms with E-state index in [2.05, 4.69) is 5.27 Å². The minimum Gasteiger partial charge on any atom is -0.362 e. The average molecular weight is 245 g/mol. The molecule has 78 valence electrons. The SMILES string of the molecule is Nc1c[n+](Cc2ccc(Cl)cc2Cl)no1. The Hall–Kier alpha value is -1.26. The van der Waals surface area contributed by atoms with Crippen molar-refractivity contribution >= 4 is 29.1 Å². The van der Waals surface area contributed by atoms with Crippen LogP contribution in [0.15, 0.2) is 28.9 Å². The summed E-state index contributed by atoms with van der Waals surface area (Å²) in [5.41, 5.74) is 6.29. The first kappa shape index (κ1) is 10.3. The summed E-state index contributed by atoms with van der Waals surface area (Å²) in [7, 11) is 0. The van der Waals surface area contributed by atoms with Crippen molar-refractivity contribution in [3.63, 3.8) is 0 Å². The van der Waals surface area contributed by atoms with Crippen molar-refractivity contribution in [1.82, 2.24) is 5.27 Å². The lowest BCUT2D eigenvalue weighted by atomic mass is 10.2. The summed E-state index contributed by atoms with van der Waals surface area (Å²) in [6.45, 7) is 0.497. The van der Waals surface area contributed by atoms with Gasteiger partial charge in [0.1, 0.15) is 0 Å².